The molecule has 0 amide bonds. The van der Waals surface area contributed by atoms with Gasteiger partial charge in [-0.15, -0.1) is 15.3 Å². The number of phenolic OH excluding ortho intramolecular Hbond substituents is 2. The maximum absolute atomic E-state index is 12.7. The normalized spacial score (nSPS) is 11.8. The molecule has 8 rings (SSSR count). The van der Waals surface area contributed by atoms with E-state index in [-0.39, 0.29) is 265 Å². The molecule has 0 fully saturated rings. The predicted molar refractivity (Wildman–Crippen MR) is 302 cm³/mol. The van der Waals surface area contributed by atoms with Crippen LogP contribution in [-0.4, -0.2) is 132 Å². The van der Waals surface area contributed by atoms with E-state index in [1.165, 1.54) is 29.2 Å². The van der Waals surface area contributed by atoms with Crippen molar-refractivity contribution in [3.8, 4) is 11.5 Å². The van der Waals surface area contributed by atoms with Gasteiger partial charge in [0, 0.05) is 35.8 Å². The molecule has 0 spiro atoms. The number of fused-ring (bicyclic) bond motifs is 2. The van der Waals surface area contributed by atoms with Crippen molar-refractivity contribution in [2.24, 2.45) is 20.5 Å². The Morgan fingerprint density at radius 2 is 1.11 bits per heavy atom. The van der Waals surface area contributed by atoms with E-state index < -0.39 is 149 Å². The molecule has 0 unspecified atom stereocenters. The second-order valence-electron chi connectivity index (χ2n) is 17.1. The van der Waals surface area contributed by atoms with Gasteiger partial charge in [-0.05, 0) is 107 Å². The summed E-state index contributed by atoms with van der Waals surface area (Å²) in [4.78, 5) is 20.6. The van der Waals surface area contributed by atoms with E-state index in [1.54, 1.807) is 0 Å². The third kappa shape index (κ3) is 23.1. The maximum Gasteiger partial charge on any atom is 1.00 e. The Kier molecular flexibility index (Phi) is 36.3. The van der Waals surface area contributed by atoms with Crippen LogP contribution in [0.3, 0.4) is 0 Å². The van der Waals surface area contributed by atoms with Gasteiger partial charge in [-0.25, -0.2) is 42.1 Å². The molecule has 476 valence electrons. The molecule has 8 aromatic rings. The minimum absolute atomic E-state index is 0. The van der Waals surface area contributed by atoms with Crippen LogP contribution in [0.25, 0.3) is 21.5 Å². The average Bonchev–Trinajstić information content (AvgIpc) is 0.748. The summed E-state index contributed by atoms with van der Waals surface area (Å²) >= 11 is 12.8. The molecule has 0 aliphatic heterocycles. The van der Waals surface area contributed by atoms with Gasteiger partial charge in [0.25, 0.3) is 0 Å². The first-order valence-corrected chi connectivity index (χ1v) is 32.9. The minimum atomic E-state index is -5.80. The number of aromatic nitrogens is 6. The SMILES string of the molecule is C=CS(=O)(=O)c1ccc(N=Nc2c(SOO[O-])cc3cc(S(=O)(=O)[O-])cc(Nc4nc(Cl)nc(NCCN(CCO)c5nc(Cl)nc(Nc6ccc(S(=O)(=O)[O-])c7cc(S(=O)(=O)[O-])c(N=Nc8ccc(S(=O)(=O)[O-])cc8SOO[O-])c(O)c67)n5)n4)c3c2O)cc1.[Na+].[Na+].[Na+].[Na+].[Na+].[Na+]. The van der Waals surface area contributed by atoms with Crippen LogP contribution >= 0.6 is 47.3 Å². The molecule has 0 bridgehead atoms. The number of phenols is 2. The number of nitrogens with one attached hydrogen (secondary N) is 3. The van der Waals surface area contributed by atoms with Gasteiger partial charge in [0.15, 0.2) is 21.3 Å². The third-order valence-corrected chi connectivity index (χ3v) is 17.9. The van der Waals surface area contributed by atoms with Crippen molar-refractivity contribution in [2.75, 3.05) is 47.1 Å². The van der Waals surface area contributed by atoms with Crippen LogP contribution < -0.4 is 209 Å². The zero-order valence-corrected chi connectivity index (χ0v) is 68.9. The summed E-state index contributed by atoms with van der Waals surface area (Å²) in [5.74, 6) is -3.73. The summed E-state index contributed by atoms with van der Waals surface area (Å²) in [5.41, 5.74) is -2.95. The monoisotopic (exact) mass is 1550 g/mol. The van der Waals surface area contributed by atoms with E-state index in [0.717, 1.165) is 35.7 Å². The van der Waals surface area contributed by atoms with Crippen LogP contribution in [0, 0.1) is 0 Å². The van der Waals surface area contributed by atoms with Gasteiger partial charge in [0.2, 0.25) is 34.4 Å². The number of hydrogen-bond donors (Lipinski definition) is 6. The summed E-state index contributed by atoms with van der Waals surface area (Å²) < 4.78 is 181. The third-order valence-electron chi connectivity index (χ3n) is 11.6. The van der Waals surface area contributed by atoms with Crippen LogP contribution in [0.4, 0.5) is 57.9 Å². The summed E-state index contributed by atoms with van der Waals surface area (Å²) in [6, 6.07) is 11.7. The number of hydrogen-bond acceptors (Lipinski definition) is 39. The Hall–Kier alpha value is -1.81. The van der Waals surface area contributed by atoms with E-state index in [4.69, 9.17) is 23.2 Å². The Morgan fingerprint density at radius 1 is 0.562 bits per heavy atom. The Balaban J connectivity index is 0.00000523. The van der Waals surface area contributed by atoms with Gasteiger partial charge in [0.1, 0.15) is 57.5 Å². The molecule has 0 radical (unpaired) electrons. The predicted octanol–water partition coefficient (Wildman–Crippen LogP) is -13.7. The quantitative estimate of drug-likeness (QED) is 0.00695. The van der Waals surface area contributed by atoms with Gasteiger partial charge in [-0.3, -0.25) is 10.1 Å². The second-order valence-corrected chi connectivity index (χ2v) is 26.6. The summed E-state index contributed by atoms with van der Waals surface area (Å²) in [5, 5.41) is 82.8. The number of nitrogens with zero attached hydrogens (tertiary/aromatic N) is 11. The minimum Gasteiger partial charge on any atom is -0.744 e. The average molecular weight is 1560 g/mol. The second kappa shape index (κ2) is 38.6. The van der Waals surface area contributed by atoms with E-state index in [9.17, 15) is 86.1 Å². The first-order chi connectivity index (χ1) is 42.3. The van der Waals surface area contributed by atoms with E-state index in [1.807, 2.05) is 0 Å². The summed E-state index contributed by atoms with van der Waals surface area (Å²) in [6.07, 6.45) is 0. The number of aromatic hydroxyl groups is 2. The molecule has 0 saturated heterocycles. The first kappa shape index (κ1) is 90.3. The number of rotatable bonds is 27. The smallest absolute Gasteiger partial charge is 0.744 e. The van der Waals surface area contributed by atoms with Crippen molar-refractivity contribution >= 4 is 177 Å². The molecule has 0 aliphatic carbocycles. The summed E-state index contributed by atoms with van der Waals surface area (Å²) in [7, 11) is -25.6. The molecular weight excluding hydrogens is 1530 g/mol. The zero-order valence-electron chi connectivity index (χ0n) is 49.7. The zero-order chi connectivity index (χ0) is 65.7. The standard InChI is InChI=1S/C44H36Cl2N14O23S7.6Na/c1-2-86(66,67)22-5-3-21(4-6-22)56-58-35-30(85-83-81-65)16-20-15-24(88(71,72)73)17-28(33(20)37(35)62)49-42-51-39(45)50-41(54-42)47-11-12-60(13-14-61)44-53-40(46)52-43(55-44)48-27-9-10-31(89(74,75)76)25-19-32(90(77,78)79)36(38(63)34(25)27)59-57-26-8-7-23(87(68,69)70)18-29(26)84-82-80-64;;;;;;/h2-10,15-19,61-65H,1,11-14H2,(H,68,69,70)(H,71,72,73)(H,74,75,76)(H,77,78,79)(H,48,52,53,55)(H2,47,49,50,51,54);;;;;;/q;6*+1/p-6. The molecule has 6 aromatic carbocycles. The van der Waals surface area contributed by atoms with Crippen molar-refractivity contribution in [2.45, 2.75) is 34.3 Å². The molecule has 0 saturated carbocycles. The van der Waals surface area contributed by atoms with Gasteiger partial charge in [0.05, 0.1) is 87.4 Å². The molecular formula is C44H30Cl2N14Na6O23S7. The van der Waals surface area contributed by atoms with Crippen molar-refractivity contribution in [3.05, 3.63) is 101 Å². The van der Waals surface area contributed by atoms with Crippen molar-refractivity contribution in [1.29, 1.82) is 0 Å². The fourth-order valence-corrected chi connectivity index (χ4v) is 12.2. The van der Waals surface area contributed by atoms with Crippen LogP contribution in [0.15, 0.2) is 146 Å². The fourth-order valence-electron chi connectivity index (χ4n) is 7.81. The largest absolute Gasteiger partial charge is 1.00 e. The molecule has 37 nitrogen and oxygen atoms in total. The number of anilines is 6. The fraction of sp³-hybridized carbons (Fsp3) is 0.0909. The Morgan fingerprint density at radius 3 is 1.70 bits per heavy atom. The first-order valence-electron chi connectivity index (χ1n) is 23.5. The molecule has 96 heavy (non-hydrogen) atoms. The van der Waals surface area contributed by atoms with Crippen LogP contribution in [0.5, 0.6) is 11.5 Å². The number of azo groups is 2. The van der Waals surface area contributed by atoms with E-state index in [0.29, 0.717) is 24.3 Å². The number of halogens is 2. The van der Waals surface area contributed by atoms with Crippen LogP contribution in [-0.2, 0) is 69.1 Å². The molecule has 0 atom stereocenters. The van der Waals surface area contributed by atoms with Gasteiger partial charge < -0.3 is 64.9 Å². The number of sulfone groups is 1. The van der Waals surface area contributed by atoms with E-state index >= 15 is 0 Å². The number of aliphatic hydroxyl groups is 1. The number of benzene rings is 6. The van der Waals surface area contributed by atoms with E-state index in [2.05, 4.69) is 91.6 Å². The Bertz CT molecular complexity index is 4850. The molecule has 0 aliphatic rings. The molecule has 2 aromatic heterocycles. The van der Waals surface area contributed by atoms with Crippen LogP contribution in [0.1, 0.15) is 0 Å². The van der Waals surface area contributed by atoms with Crippen LogP contribution in [0.2, 0.25) is 10.6 Å². The van der Waals surface area contributed by atoms with Crippen molar-refractivity contribution in [1.82, 2.24) is 29.9 Å². The Labute approximate surface area is 693 Å². The maximum atomic E-state index is 12.7. The van der Waals surface area contributed by atoms with Crippen molar-refractivity contribution in [3.63, 3.8) is 0 Å². The van der Waals surface area contributed by atoms with Gasteiger partial charge in [-0.1, -0.05) is 6.58 Å². The van der Waals surface area contributed by atoms with Crippen molar-refractivity contribution < 1.29 is 282 Å². The number of aliphatic hydroxyl groups excluding tert-OH is 1. The molecule has 6 N–H and O–H groups in total. The topological polar surface area (TPSA) is 573 Å². The van der Waals surface area contributed by atoms with Gasteiger partial charge >= 0.3 is 177 Å². The summed E-state index contributed by atoms with van der Waals surface area (Å²) in [6.45, 7) is 2.02. The molecule has 52 heteroatoms. The molecule has 2 heterocycles. The van der Waals surface area contributed by atoms with Gasteiger partial charge in [-0.2, -0.15) is 43.7 Å².